The minimum absolute atomic E-state index is 0.0689. The van der Waals surface area contributed by atoms with Crippen molar-refractivity contribution in [3.05, 3.63) is 53.8 Å². The van der Waals surface area contributed by atoms with Crippen molar-refractivity contribution in [1.82, 2.24) is 24.6 Å². The molecular weight excluding hydrogens is 398 g/mol. The van der Waals surface area contributed by atoms with Crippen LogP contribution in [-0.2, 0) is 9.53 Å². The Morgan fingerprint density at radius 1 is 1.14 bits per heavy atom. The molecule has 2 aromatic heterocycles. The van der Waals surface area contributed by atoms with Crippen LogP contribution in [0.4, 0.5) is 0 Å². The van der Waals surface area contributed by atoms with E-state index in [0.717, 1.165) is 11.3 Å². The van der Waals surface area contributed by atoms with Crippen LogP contribution in [-0.4, -0.2) is 62.6 Å². The molecule has 4 rings (SSSR count). The maximum absolute atomic E-state index is 12.5. The van der Waals surface area contributed by atoms with Gasteiger partial charge in [-0.3, -0.25) is 14.3 Å². The molecule has 0 bridgehead atoms. The van der Waals surface area contributed by atoms with Crippen LogP contribution >= 0.6 is 23.4 Å². The van der Waals surface area contributed by atoms with Gasteiger partial charge in [0.05, 0.1) is 24.7 Å². The minimum Gasteiger partial charge on any atom is -0.378 e. The average molecular weight is 416 g/mol. The van der Waals surface area contributed by atoms with E-state index in [9.17, 15) is 4.79 Å². The molecule has 1 amide bonds. The lowest BCUT2D eigenvalue weighted by Gasteiger charge is -2.26. The number of carbonyl (C=O) groups is 1. The number of carbonyl (C=O) groups excluding carboxylic acids is 1. The van der Waals surface area contributed by atoms with Gasteiger partial charge in [-0.2, -0.15) is 0 Å². The Morgan fingerprint density at radius 2 is 1.93 bits per heavy atom. The number of amides is 1. The highest BCUT2D eigenvalue weighted by Gasteiger charge is 2.20. The van der Waals surface area contributed by atoms with Crippen LogP contribution in [0.3, 0.4) is 0 Å². The zero-order valence-corrected chi connectivity index (χ0v) is 16.6. The second-order valence-electron chi connectivity index (χ2n) is 6.14. The molecule has 0 N–H and O–H groups in total. The van der Waals surface area contributed by atoms with Crippen molar-refractivity contribution in [2.45, 2.75) is 5.16 Å². The number of hydrogen-bond acceptors (Lipinski definition) is 6. The lowest BCUT2D eigenvalue weighted by Crippen LogP contribution is -2.41. The summed E-state index contributed by atoms with van der Waals surface area (Å²) in [6.07, 6.45) is 3.42. The van der Waals surface area contributed by atoms with E-state index in [-0.39, 0.29) is 11.7 Å². The van der Waals surface area contributed by atoms with Gasteiger partial charge in [-0.25, -0.2) is 0 Å². The van der Waals surface area contributed by atoms with E-state index in [2.05, 4.69) is 15.2 Å². The van der Waals surface area contributed by atoms with Gasteiger partial charge < -0.3 is 9.64 Å². The van der Waals surface area contributed by atoms with Gasteiger partial charge in [0.15, 0.2) is 11.0 Å². The summed E-state index contributed by atoms with van der Waals surface area (Å²) in [7, 11) is 0. The van der Waals surface area contributed by atoms with Crippen LogP contribution in [0.25, 0.3) is 17.1 Å². The minimum atomic E-state index is 0.0689. The fourth-order valence-electron chi connectivity index (χ4n) is 2.93. The maximum Gasteiger partial charge on any atom is 0.233 e. The zero-order valence-electron chi connectivity index (χ0n) is 15.0. The van der Waals surface area contributed by atoms with Crippen molar-refractivity contribution in [3.8, 4) is 17.1 Å². The molecule has 0 saturated carbocycles. The predicted octanol–water partition coefficient (Wildman–Crippen LogP) is 2.93. The topological polar surface area (TPSA) is 73.1 Å². The quantitative estimate of drug-likeness (QED) is 0.596. The Labute approximate surface area is 171 Å². The molecule has 0 unspecified atom stereocenters. The number of ether oxygens (including phenoxy) is 1. The highest BCUT2D eigenvalue weighted by atomic mass is 35.5. The molecule has 28 heavy (non-hydrogen) atoms. The summed E-state index contributed by atoms with van der Waals surface area (Å²) in [6, 6.07) is 11.2. The maximum atomic E-state index is 12.5. The second kappa shape index (κ2) is 8.72. The van der Waals surface area contributed by atoms with E-state index in [4.69, 9.17) is 16.3 Å². The SMILES string of the molecule is O=C(CSc1nnc(-c2ccncc2)n1-c1cccc(Cl)c1)N1CCOCC1. The largest absolute Gasteiger partial charge is 0.378 e. The van der Waals surface area contributed by atoms with E-state index in [1.807, 2.05) is 45.9 Å². The molecule has 0 atom stereocenters. The Bertz CT molecular complexity index is 960. The first-order valence-corrected chi connectivity index (χ1v) is 10.2. The van der Waals surface area contributed by atoms with Crippen LogP contribution < -0.4 is 0 Å². The molecule has 3 heterocycles. The molecule has 1 saturated heterocycles. The van der Waals surface area contributed by atoms with Crippen molar-refractivity contribution < 1.29 is 9.53 Å². The van der Waals surface area contributed by atoms with Crippen LogP contribution in [0.5, 0.6) is 0 Å². The number of aromatic nitrogens is 4. The van der Waals surface area contributed by atoms with E-state index < -0.39 is 0 Å². The summed E-state index contributed by atoms with van der Waals surface area (Å²) < 4.78 is 7.22. The third-order valence-corrected chi connectivity index (χ3v) is 5.48. The molecule has 7 nitrogen and oxygen atoms in total. The van der Waals surface area contributed by atoms with E-state index in [1.54, 1.807) is 12.4 Å². The number of rotatable bonds is 5. The fourth-order valence-corrected chi connectivity index (χ4v) is 3.97. The van der Waals surface area contributed by atoms with E-state index in [0.29, 0.717) is 42.3 Å². The number of pyridine rings is 1. The monoisotopic (exact) mass is 415 g/mol. The van der Waals surface area contributed by atoms with Crippen LogP contribution in [0, 0.1) is 0 Å². The van der Waals surface area contributed by atoms with Gasteiger partial charge in [0, 0.05) is 36.1 Å². The number of thioether (sulfide) groups is 1. The number of hydrogen-bond donors (Lipinski definition) is 0. The van der Waals surface area contributed by atoms with Gasteiger partial charge in [0.1, 0.15) is 0 Å². The fraction of sp³-hybridized carbons (Fsp3) is 0.263. The predicted molar refractivity (Wildman–Crippen MR) is 108 cm³/mol. The van der Waals surface area contributed by atoms with Crippen LogP contribution in [0.15, 0.2) is 53.9 Å². The number of benzene rings is 1. The third kappa shape index (κ3) is 4.19. The molecule has 0 aliphatic carbocycles. The van der Waals surface area contributed by atoms with Crippen molar-refractivity contribution in [2.24, 2.45) is 0 Å². The third-order valence-electron chi connectivity index (χ3n) is 4.33. The van der Waals surface area contributed by atoms with Crippen molar-refractivity contribution in [2.75, 3.05) is 32.1 Å². The summed E-state index contributed by atoms with van der Waals surface area (Å²) in [5.74, 6) is 1.03. The van der Waals surface area contributed by atoms with Crippen molar-refractivity contribution in [1.29, 1.82) is 0 Å². The molecule has 144 valence electrons. The standard InChI is InChI=1S/C19H18ClN5O2S/c20-15-2-1-3-16(12-15)25-18(14-4-6-21-7-5-14)22-23-19(25)28-13-17(26)24-8-10-27-11-9-24/h1-7,12H,8-11,13H2. The van der Waals surface area contributed by atoms with Crippen LogP contribution in [0.2, 0.25) is 5.02 Å². The number of halogens is 1. The van der Waals surface area contributed by atoms with Gasteiger partial charge >= 0.3 is 0 Å². The second-order valence-corrected chi connectivity index (χ2v) is 7.52. The van der Waals surface area contributed by atoms with Gasteiger partial charge in [-0.1, -0.05) is 29.4 Å². The summed E-state index contributed by atoms with van der Waals surface area (Å²) in [5, 5.41) is 9.94. The Balaban J connectivity index is 1.63. The lowest BCUT2D eigenvalue weighted by molar-refractivity contribution is -0.132. The summed E-state index contributed by atoms with van der Waals surface area (Å²) >= 11 is 7.56. The number of nitrogens with zero attached hydrogens (tertiary/aromatic N) is 5. The Morgan fingerprint density at radius 3 is 2.68 bits per heavy atom. The van der Waals surface area contributed by atoms with Gasteiger partial charge in [-0.05, 0) is 30.3 Å². The summed E-state index contributed by atoms with van der Waals surface area (Å²) in [6.45, 7) is 2.42. The zero-order chi connectivity index (χ0) is 19.3. The van der Waals surface area contributed by atoms with Crippen LogP contribution in [0.1, 0.15) is 0 Å². The van der Waals surface area contributed by atoms with Gasteiger partial charge in [0.25, 0.3) is 0 Å². The highest BCUT2D eigenvalue weighted by Crippen LogP contribution is 2.29. The molecule has 1 aliphatic heterocycles. The first kappa shape index (κ1) is 18.9. The smallest absolute Gasteiger partial charge is 0.233 e. The lowest BCUT2D eigenvalue weighted by atomic mass is 10.2. The molecule has 1 aliphatic rings. The summed E-state index contributed by atoms with van der Waals surface area (Å²) in [5.41, 5.74) is 1.72. The Hall–Kier alpha value is -2.42. The Kier molecular flexibility index (Phi) is 5.90. The first-order valence-electron chi connectivity index (χ1n) is 8.82. The number of morpholine rings is 1. The normalized spacial score (nSPS) is 14.2. The molecule has 1 aromatic carbocycles. The molecule has 1 fully saturated rings. The van der Waals surface area contributed by atoms with E-state index >= 15 is 0 Å². The van der Waals surface area contributed by atoms with E-state index in [1.165, 1.54) is 11.8 Å². The average Bonchev–Trinajstić information content (AvgIpc) is 3.17. The molecule has 3 aromatic rings. The molecule has 0 spiro atoms. The molecular formula is C19H18ClN5O2S. The van der Waals surface area contributed by atoms with Gasteiger partial charge in [-0.15, -0.1) is 10.2 Å². The molecule has 9 heteroatoms. The highest BCUT2D eigenvalue weighted by molar-refractivity contribution is 7.99. The first-order chi connectivity index (χ1) is 13.7. The molecule has 0 radical (unpaired) electrons. The van der Waals surface area contributed by atoms with Crippen molar-refractivity contribution in [3.63, 3.8) is 0 Å². The summed E-state index contributed by atoms with van der Waals surface area (Å²) in [4.78, 5) is 18.4. The van der Waals surface area contributed by atoms with Crippen molar-refractivity contribution >= 4 is 29.3 Å². The van der Waals surface area contributed by atoms with Gasteiger partial charge in [0.2, 0.25) is 5.91 Å².